The molecule has 1 aliphatic rings. The highest BCUT2D eigenvalue weighted by atomic mass is 32.2. The Morgan fingerprint density at radius 2 is 0.900 bits per heavy atom. The van der Waals surface area contributed by atoms with E-state index in [9.17, 15) is 72.6 Å². The van der Waals surface area contributed by atoms with Gasteiger partial charge in [-0.2, -0.15) is 0 Å². The number of carbonyl (C=O) groups excluding carboxylic acids is 9. The van der Waals surface area contributed by atoms with Gasteiger partial charge >= 0.3 is 5.97 Å². The first-order chi connectivity index (χ1) is 47.2. The van der Waals surface area contributed by atoms with Gasteiger partial charge in [0.1, 0.15) is 60.7 Å². The summed E-state index contributed by atoms with van der Waals surface area (Å²) >= 11 is 5.94. The van der Waals surface area contributed by atoms with E-state index in [1.165, 1.54) is 76.0 Å². The van der Waals surface area contributed by atoms with E-state index in [2.05, 4.69) is 24.8 Å². The van der Waals surface area contributed by atoms with E-state index in [4.69, 9.17) is 17.3 Å². The smallest absolute Gasteiger partial charge is 0.323 e. The van der Waals surface area contributed by atoms with Crippen molar-refractivity contribution < 1.29 is 67.3 Å². The van der Waals surface area contributed by atoms with Crippen molar-refractivity contribution in [2.75, 3.05) is 30.3 Å². The van der Waals surface area contributed by atoms with Crippen molar-refractivity contribution in [3.05, 3.63) is 282 Å². The zero-order chi connectivity index (χ0) is 75.9. The maximum Gasteiger partial charge on any atom is 0.323 e. The zero-order valence-electron chi connectivity index (χ0n) is 58.9. The number of nitro benzene ring substituents is 2. The number of carboxylic acids is 1. The molecule has 0 radical (unpaired) electrons. The number of aldehydes is 8. The van der Waals surface area contributed by atoms with Crippen LogP contribution in [0.5, 0.6) is 0 Å². The summed E-state index contributed by atoms with van der Waals surface area (Å²) in [5, 5.41) is 29.0. The molecule has 100 heavy (non-hydrogen) atoms. The lowest BCUT2D eigenvalue weighted by Gasteiger charge is -2.21. The molecule has 1 aliphatic heterocycles. The fourth-order valence-corrected chi connectivity index (χ4v) is 9.54. The molecule has 0 bridgehead atoms. The van der Waals surface area contributed by atoms with Crippen LogP contribution in [0.2, 0.25) is 0 Å². The van der Waals surface area contributed by atoms with Gasteiger partial charge in [0.15, 0.2) is 6.29 Å². The van der Waals surface area contributed by atoms with Gasteiger partial charge < -0.3 is 10.0 Å². The molecule has 1 amide bonds. The number of thioether (sulfide) groups is 1. The Morgan fingerprint density at radius 1 is 0.480 bits per heavy atom. The van der Waals surface area contributed by atoms with Crippen molar-refractivity contribution in [2.45, 2.75) is 104 Å². The van der Waals surface area contributed by atoms with Crippen molar-refractivity contribution in [1.29, 1.82) is 0 Å². The maximum atomic E-state index is 12.9. The predicted octanol–water partition coefficient (Wildman–Crippen LogP) is 16.7. The molecule has 1 fully saturated rings. The lowest BCUT2D eigenvalue weighted by atomic mass is 10.1. The van der Waals surface area contributed by atoms with Crippen molar-refractivity contribution in [3.63, 3.8) is 0 Å². The normalized spacial score (nSPS) is 10.4. The number of benzene rings is 8. The molecule has 0 saturated carbocycles. The number of nitrogens with zero attached hydrogens (tertiary/aromatic N) is 4. The molecule has 0 atom stereocenters. The molecule has 1 saturated heterocycles. The Hall–Kier alpha value is -11.0. The molecule has 1 heterocycles. The monoisotopic (exact) mass is 1400 g/mol. The van der Waals surface area contributed by atoms with Crippen LogP contribution < -0.4 is 4.90 Å². The average molecular weight is 1400 g/mol. The first kappa shape index (κ1) is 87.0. The van der Waals surface area contributed by atoms with Gasteiger partial charge in [0.25, 0.3) is 11.4 Å². The van der Waals surface area contributed by atoms with Gasteiger partial charge in [0.2, 0.25) is 5.91 Å². The first-order valence-corrected chi connectivity index (χ1v) is 32.4. The van der Waals surface area contributed by atoms with Gasteiger partial charge in [-0.05, 0) is 226 Å². The second kappa shape index (κ2) is 45.5. The maximum absolute atomic E-state index is 12.9. The molecule has 1 N–H and O–H groups in total. The van der Waals surface area contributed by atoms with Gasteiger partial charge in [0, 0.05) is 75.4 Å². The van der Waals surface area contributed by atoms with Crippen LogP contribution in [-0.4, -0.2) is 112 Å². The minimum absolute atomic E-state index is 0.0422. The molecule has 8 aromatic rings. The van der Waals surface area contributed by atoms with Crippen LogP contribution in [0, 0.1) is 116 Å². The highest BCUT2D eigenvalue weighted by Gasteiger charge is 2.28. The molecule has 0 unspecified atom stereocenters. The largest absolute Gasteiger partial charge is 0.480 e. The first-order valence-electron chi connectivity index (χ1n) is 31.0. The Balaban J connectivity index is 0.000000564. The summed E-state index contributed by atoms with van der Waals surface area (Å²) in [7, 11) is 0. The van der Waals surface area contributed by atoms with Crippen molar-refractivity contribution in [2.24, 2.45) is 0 Å². The number of hydrogen-bond acceptors (Lipinski definition) is 17. The van der Waals surface area contributed by atoms with Crippen LogP contribution in [0.25, 0.3) is 0 Å². The topological polar surface area (TPSA) is 284 Å². The quantitative estimate of drug-likeness (QED) is 0.0432. The van der Waals surface area contributed by atoms with Crippen LogP contribution in [0.1, 0.15) is 169 Å². The van der Waals surface area contributed by atoms with Crippen molar-refractivity contribution in [3.8, 4) is 0 Å². The molecular formula is C78H85FN4O15S2. The number of anilines is 1. The van der Waals surface area contributed by atoms with E-state index in [1.807, 2.05) is 147 Å². The Bertz CT molecular complexity index is 4110. The third kappa shape index (κ3) is 30.2. The number of carboxylic acid groups (broad SMARTS) is 1. The van der Waals surface area contributed by atoms with Gasteiger partial charge in [0.05, 0.1) is 21.2 Å². The summed E-state index contributed by atoms with van der Waals surface area (Å²) in [6, 6.07) is 40.5. The molecule has 9 rings (SSSR count). The van der Waals surface area contributed by atoms with Gasteiger partial charge in [-0.1, -0.05) is 96.3 Å². The van der Waals surface area contributed by atoms with E-state index in [0.717, 1.165) is 116 Å². The number of amides is 1. The van der Waals surface area contributed by atoms with Crippen molar-refractivity contribution in [1.82, 2.24) is 4.90 Å². The summed E-state index contributed by atoms with van der Waals surface area (Å²) in [5.74, 6) is -1.30. The number of rotatable bonds is 15. The number of thiocarbonyl (C=S) groups is 1. The molecule has 8 aromatic carbocycles. The van der Waals surface area contributed by atoms with Crippen LogP contribution >= 0.6 is 24.0 Å². The van der Waals surface area contributed by atoms with E-state index in [1.54, 1.807) is 39.8 Å². The minimum Gasteiger partial charge on any atom is -0.480 e. The minimum atomic E-state index is -1.04. The molecule has 0 spiro atoms. The van der Waals surface area contributed by atoms with Gasteiger partial charge in [-0.25, -0.2) is 4.39 Å². The number of aliphatic carboxylic acids is 1. The predicted molar refractivity (Wildman–Crippen MR) is 397 cm³/mol. The fraction of sp³-hybridized carbons (Fsp3) is 0.244. The second-order valence-electron chi connectivity index (χ2n) is 22.5. The number of hydrogen-bond donors (Lipinski definition) is 1. The number of aryl methyl sites for hydroxylation is 11. The Morgan fingerprint density at radius 3 is 1.29 bits per heavy atom. The van der Waals surface area contributed by atoms with E-state index >= 15 is 0 Å². The Kier molecular flexibility index (Phi) is 39.6. The summed E-state index contributed by atoms with van der Waals surface area (Å²) in [5.41, 5.74) is 18.9. The summed E-state index contributed by atoms with van der Waals surface area (Å²) in [6.07, 6.45) is 6.24. The lowest BCUT2D eigenvalue weighted by Crippen LogP contribution is -2.33. The molecule has 0 aliphatic carbocycles. The fourth-order valence-electron chi connectivity index (χ4n) is 8.48. The Labute approximate surface area is 593 Å². The zero-order valence-corrected chi connectivity index (χ0v) is 60.5. The second-order valence-corrected chi connectivity index (χ2v) is 24.1. The van der Waals surface area contributed by atoms with Crippen LogP contribution in [-0.2, 0) is 9.59 Å². The highest BCUT2D eigenvalue weighted by molar-refractivity contribution is 8.24. The molecule has 19 nitrogen and oxygen atoms in total. The van der Waals surface area contributed by atoms with E-state index in [0.29, 0.717) is 45.4 Å². The molecule has 526 valence electrons. The number of carbonyl (C=O) groups is 10. The molecule has 0 aromatic heterocycles. The molecular weight excluding hydrogens is 1320 g/mol. The SMILES string of the molecule is CCN(CC)c1ccc(C)c(C=O)c1.Cc1cc(C=O)cc(F)c1C.Cc1cc(C=O)ccc1[N+](=O)[O-].Cc1ccc(C)c(C=O)c1.Cc1ccc(C=O)cc1C.Cc1ccc(C=O)cc1C.Cc1ccc([N+](=O)[O-])c(C=O)c1.Cc1cccc(C=O)c1C.O=C(O)CN1C(=O)CSC1=S. The average Bonchev–Trinajstić information content (AvgIpc) is 1.13. The third-order valence-electron chi connectivity index (χ3n) is 15.1. The number of nitro groups is 2. The van der Waals surface area contributed by atoms with Gasteiger partial charge in [-0.3, -0.25) is 73.1 Å². The summed E-state index contributed by atoms with van der Waals surface area (Å²) in [6.45, 7) is 30.6. The van der Waals surface area contributed by atoms with E-state index < -0.39 is 15.8 Å². The summed E-state index contributed by atoms with van der Waals surface area (Å²) < 4.78 is 13.2. The van der Waals surface area contributed by atoms with Crippen LogP contribution in [0.4, 0.5) is 21.5 Å². The molecule has 22 heteroatoms. The van der Waals surface area contributed by atoms with Crippen molar-refractivity contribution >= 4 is 108 Å². The lowest BCUT2D eigenvalue weighted by molar-refractivity contribution is -0.385. The standard InChI is InChI=1S/C12H17NO.C9H9FO.4C9H10O.2C8H7NO3.C5H5NO3S2/c1-4-13(5-2)12-7-6-10(3)11(8-12)9-14;1-6-3-8(5-11)4-9(10)7(6)2;2*1-7-3-4-9(6-10)5-8(7)2;1-7-3-4-8(2)9(5-7)6-10;1-7-4-3-5-9(6-10)8(7)2;1-6-4-7(5-10)2-3-8(6)9(11)12;1-6-2-3-8(9(11)12)7(4-6)5-10;7-3-2-11-5(10)6(3)1-4(8)9/h6-9H,4-5H2,1-3H3;3-5H,1-2H3;4*3-6H,1-2H3;2*2-5H,1H3;1-2H2,(H,8,9). The van der Waals surface area contributed by atoms with Gasteiger partial charge in [-0.15, -0.1) is 0 Å². The third-order valence-corrected chi connectivity index (χ3v) is 16.6. The van der Waals surface area contributed by atoms with Crippen LogP contribution in [0.3, 0.4) is 0 Å². The number of halogens is 1. The van der Waals surface area contributed by atoms with Crippen LogP contribution in [0.15, 0.2) is 140 Å². The van der Waals surface area contributed by atoms with E-state index in [-0.39, 0.29) is 41.0 Å². The summed E-state index contributed by atoms with van der Waals surface area (Å²) in [4.78, 5) is 127. The highest BCUT2D eigenvalue weighted by Crippen LogP contribution is 2.22.